The Balaban J connectivity index is 1.81. The molecule has 2 fully saturated rings. The van der Waals surface area contributed by atoms with E-state index in [2.05, 4.69) is 26.7 Å². The summed E-state index contributed by atoms with van der Waals surface area (Å²) in [6.45, 7) is 2.22. The van der Waals surface area contributed by atoms with E-state index in [1.54, 1.807) is 0 Å². The topological polar surface area (TPSA) is 34.0 Å². The summed E-state index contributed by atoms with van der Waals surface area (Å²) in [5.41, 5.74) is 0. The zero-order chi connectivity index (χ0) is 11.0. The molecule has 16 heavy (non-hydrogen) atoms. The predicted molar refractivity (Wildman–Crippen MR) is 67.1 cm³/mol. The van der Waals surface area contributed by atoms with Crippen molar-refractivity contribution >= 4 is 17.7 Å². The minimum absolute atomic E-state index is 0.672. The highest BCUT2D eigenvalue weighted by Gasteiger charge is 2.27. The number of anilines is 1. The third-order valence-electron chi connectivity index (χ3n) is 3.65. The van der Waals surface area contributed by atoms with E-state index in [9.17, 15) is 0 Å². The average Bonchev–Trinajstić information content (AvgIpc) is 2.60. The predicted octanol–water partition coefficient (Wildman–Crippen LogP) is 1.64. The van der Waals surface area contributed by atoms with Gasteiger partial charge in [0, 0.05) is 37.6 Å². The second-order valence-electron chi connectivity index (χ2n) is 4.64. The summed E-state index contributed by atoms with van der Waals surface area (Å²) in [5, 5.41) is 8.75. The lowest BCUT2D eigenvalue weighted by Crippen LogP contribution is -2.34. The van der Waals surface area contributed by atoms with Crippen molar-refractivity contribution in [3.8, 4) is 0 Å². The van der Waals surface area contributed by atoms with Crippen molar-refractivity contribution in [2.24, 2.45) is 7.05 Å². The summed E-state index contributed by atoms with van der Waals surface area (Å²) >= 11 is 2.03. The number of hydrogen-bond acceptors (Lipinski definition) is 4. The summed E-state index contributed by atoms with van der Waals surface area (Å²) in [6, 6.07) is 0. The van der Waals surface area contributed by atoms with Gasteiger partial charge in [0.2, 0.25) is 5.95 Å². The van der Waals surface area contributed by atoms with Gasteiger partial charge >= 0.3 is 0 Å². The lowest BCUT2D eigenvalue weighted by molar-refractivity contribution is 0.392. The Hall–Kier alpha value is -0.710. The lowest BCUT2D eigenvalue weighted by Gasteiger charge is -2.28. The van der Waals surface area contributed by atoms with Gasteiger partial charge in [-0.25, -0.2) is 0 Å². The van der Waals surface area contributed by atoms with Crippen LogP contribution in [0.3, 0.4) is 0 Å². The molecule has 2 heterocycles. The van der Waals surface area contributed by atoms with Crippen molar-refractivity contribution in [2.75, 3.05) is 29.5 Å². The molecular weight excluding hydrogens is 220 g/mol. The summed E-state index contributed by atoms with van der Waals surface area (Å²) in [5.74, 6) is 5.36. The molecule has 0 aromatic carbocycles. The first-order valence-corrected chi connectivity index (χ1v) is 7.23. The number of aromatic nitrogens is 3. The van der Waals surface area contributed by atoms with E-state index >= 15 is 0 Å². The molecule has 88 valence electrons. The molecule has 0 unspecified atom stereocenters. The molecule has 1 aliphatic heterocycles. The molecule has 1 saturated carbocycles. The maximum absolute atomic E-state index is 4.38. The van der Waals surface area contributed by atoms with E-state index in [1.165, 1.54) is 36.6 Å². The van der Waals surface area contributed by atoms with Crippen molar-refractivity contribution < 1.29 is 0 Å². The van der Waals surface area contributed by atoms with E-state index in [0.717, 1.165) is 19.0 Å². The molecule has 0 atom stereocenters. The van der Waals surface area contributed by atoms with Gasteiger partial charge < -0.3 is 9.47 Å². The molecule has 3 rings (SSSR count). The highest BCUT2D eigenvalue weighted by atomic mass is 32.2. The Kier molecular flexibility index (Phi) is 2.79. The first-order valence-electron chi connectivity index (χ1n) is 6.08. The van der Waals surface area contributed by atoms with Crippen LogP contribution >= 0.6 is 11.8 Å². The molecule has 1 aromatic heterocycles. The second-order valence-corrected chi connectivity index (χ2v) is 5.87. The van der Waals surface area contributed by atoms with Gasteiger partial charge in [-0.05, 0) is 12.8 Å². The van der Waals surface area contributed by atoms with Gasteiger partial charge in [0.25, 0.3) is 0 Å². The molecule has 0 N–H and O–H groups in total. The van der Waals surface area contributed by atoms with Crippen LogP contribution in [0, 0.1) is 0 Å². The number of rotatable bonds is 2. The highest BCUT2D eigenvalue weighted by molar-refractivity contribution is 7.99. The van der Waals surface area contributed by atoms with Crippen LogP contribution in [-0.2, 0) is 7.05 Å². The van der Waals surface area contributed by atoms with Gasteiger partial charge in [-0.1, -0.05) is 6.42 Å². The molecule has 0 amide bonds. The van der Waals surface area contributed by atoms with Gasteiger partial charge in [0.1, 0.15) is 5.82 Å². The SMILES string of the molecule is Cn1c(C2CCC2)nnc1N1CCSCC1. The normalized spacial score (nSPS) is 22.2. The van der Waals surface area contributed by atoms with Crippen molar-refractivity contribution in [1.29, 1.82) is 0 Å². The molecule has 0 spiro atoms. The largest absolute Gasteiger partial charge is 0.339 e. The Morgan fingerprint density at radius 1 is 1.19 bits per heavy atom. The molecule has 2 aliphatic rings. The minimum Gasteiger partial charge on any atom is -0.339 e. The third kappa shape index (κ3) is 1.71. The minimum atomic E-state index is 0.672. The molecule has 1 aliphatic carbocycles. The van der Waals surface area contributed by atoms with Gasteiger partial charge in [-0.15, -0.1) is 10.2 Å². The van der Waals surface area contributed by atoms with Crippen LogP contribution in [0.1, 0.15) is 31.0 Å². The van der Waals surface area contributed by atoms with Gasteiger partial charge in [0.05, 0.1) is 0 Å². The number of hydrogen-bond donors (Lipinski definition) is 0. The first-order chi connectivity index (χ1) is 7.86. The monoisotopic (exact) mass is 238 g/mol. The summed E-state index contributed by atoms with van der Waals surface area (Å²) < 4.78 is 2.21. The molecule has 0 radical (unpaired) electrons. The first kappa shape index (κ1) is 10.4. The highest BCUT2D eigenvalue weighted by Crippen LogP contribution is 2.36. The van der Waals surface area contributed by atoms with E-state index in [1.807, 2.05) is 11.8 Å². The van der Waals surface area contributed by atoms with Crippen LogP contribution in [0.25, 0.3) is 0 Å². The molecule has 5 heteroatoms. The van der Waals surface area contributed by atoms with Crippen LogP contribution in [0.15, 0.2) is 0 Å². The quantitative estimate of drug-likeness (QED) is 0.784. The van der Waals surface area contributed by atoms with E-state index in [-0.39, 0.29) is 0 Å². The van der Waals surface area contributed by atoms with E-state index in [4.69, 9.17) is 0 Å². The number of nitrogens with zero attached hydrogens (tertiary/aromatic N) is 4. The van der Waals surface area contributed by atoms with Gasteiger partial charge in [-0.3, -0.25) is 0 Å². The van der Waals surface area contributed by atoms with Crippen molar-refractivity contribution in [2.45, 2.75) is 25.2 Å². The van der Waals surface area contributed by atoms with Crippen molar-refractivity contribution in [3.63, 3.8) is 0 Å². The van der Waals surface area contributed by atoms with Crippen LogP contribution < -0.4 is 4.90 Å². The van der Waals surface area contributed by atoms with E-state index < -0.39 is 0 Å². The van der Waals surface area contributed by atoms with Crippen molar-refractivity contribution in [1.82, 2.24) is 14.8 Å². The number of thioether (sulfide) groups is 1. The molecule has 4 nitrogen and oxygen atoms in total. The fraction of sp³-hybridized carbons (Fsp3) is 0.818. The lowest BCUT2D eigenvalue weighted by atomic mass is 9.85. The van der Waals surface area contributed by atoms with Gasteiger partial charge in [0.15, 0.2) is 0 Å². The molecule has 0 bridgehead atoms. The van der Waals surface area contributed by atoms with Crippen LogP contribution in [0.4, 0.5) is 5.95 Å². The Morgan fingerprint density at radius 2 is 1.94 bits per heavy atom. The fourth-order valence-electron chi connectivity index (χ4n) is 2.39. The molecule has 1 saturated heterocycles. The average molecular weight is 238 g/mol. The Morgan fingerprint density at radius 3 is 2.56 bits per heavy atom. The maximum atomic E-state index is 4.38. The standard InChI is InChI=1S/C11H18N4S/c1-14-10(9-3-2-4-9)12-13-11(14)15-5-7-16-8-6-15/h9H,2-8H2,1H3. The van der Waals surface area contributed by atoms with Crippen LogP contribution in [0.2, 0.25) is 0 Å². The fourth-order valence-corrected chi connectivity index (χ4v) is 3.30. The zero-order valence-corrected chi connectivity index (χ0v) is 10.5. The summed E-state index contributed by atoms with van der Waals surface area (Å²) in [7, 11) is 2.12. The smallest absolute Gasteiger partial charge is 0.227 e. The Bertz CT molecular complexity index is 366. The second kappa shape index (κ2) is 4.28. The van der Waals surface area contributed by atoms with Gasteiger partial charge in [-0.2, -0.15) is 11.8 Å². The summed E-state index contributed by atoms with van der Waals surface area (Å²) in [4.78, 5) is 2.37. The van der Waals surface area contributed by atoms with Crippen molar-refractivity contribution in [3.05, 3.63) is 5.82 Å². The van der Waals surface area contributed by atoms with Crippen LogP contribution in [0.5, 0.6) is 0 Å². The Labute approximate surface area is 100 Å². The molecular formula is C11H18N4S. The maximum Gasteiger partial charge on any atom is 0.227 e. The van der Waals surface area contributed by atoms with Crippen LogP contribution in [-0.4, -0.2) is 39.4 Å². The zero-order valence-electron chi connectivity index (χ0n) is 9.72. The summed E-state index contributed by atoms with van der Waals surface area (Å²) in [6.07, 6.45) is 3.94. The molecule has 1 aromatic rings. The third-order valence-corrected chi connectivity index (χ3v) is 4.59. The van der Waals surface area contributed by atoms with E-state index in [0.29, 0.717) is 5.92 Å².